The van der Waals surface area contributed by atoms with Gasteiger partial charge in [0.25, 0.3) is 0 Å². The Kier molecular flexibility index (Phi) is 11.2. The Morgan fingerprint density at radius 2 is 1.29 bits per heavy atom. The fourth-order valence-corrected chi connectivity index (χ4v) is 5.47. The van der Waals surface area contributed by atoms with Crippen molar-refractivity contribution >= 4 is 11.9 Å². The van der Waals surface area contributed by atoms with E-state index in [9.17, 15) is 22.8 Å². The molecule has 1 fully saturated rings. The molecule has 1 aliphatic carbocycles. The predicted octanol–water partition coefficient (Wildman–Crippen LogP) is 9.75. The van der Waals surface area contributed by atoms with E-state index in [1.165, 1.54) is 61.9 Å². The highest BCUT2D eigenvalue weighted by Gasteiger charge is 2.47. The molecule has 4 rings (SSSR count). The molecule has 4 nitrogen and oxygen atoms in total. The maximum absolute atomic E-state index is 13.6. The quantitative estimate of drug-likeness (QED) is 0.122. The van der Waals surface area contributed by atoms with Gasteiger partial charge in [-0.25, -0.2) is 9.59 Å². The van der Waals surface area contributed by atoms with Crippen molar-refractivity contribution in [2.24, 2.45) is 5.92 Å². The number of carbonyl (C=O) groups is 2. The number of ether oxygens (including phenoxy) is 2. The summed E-state index contributed by atoms with van der Waals surface area (Å²) in [7, 11) is 0. The van der Waals surface area contributed by atoms with Gasteiger partial charge in [0.15, 0.2) is 6.10 Å². The number of hydrogen-bond donors (Lipinski definition) is 0. The highest BCUT2D eigenvalue weighted by molar-refractivity contribution is 5.92. The van der Waals surface area contributed by atoms with E-state index in [1.807, 2.05) is 12.1 Å². The molecule has 42 heavy (non-hydrogen) atoms. The zero-order chi connectivity index (χ0) is 30.0. The van der Waals surface area contributed by atoms with Gasteiger partial charge in [-0.3, -0.25) is 0 Å². The van der Waals surface area contributed by atoms with Gasteiger partial charge in [-0.15, -0.1) is 0 Å². The van der Waals surface area contributed by atoms with Crippen LogP contribution in [0.15, 0.2) is 72.8 Å². The van der Waals surface area contributed by atoms with Crippen LogP contribution in [0.4, 0.5) is 13.2 Å². The number of halogens is 3. The van der Waals surface area contributed by atoms with Gasteiger partial charge < -0.3 is 9.47 Å². The minimum absolute atomic E-state index is 0.0354. The Hall–Kier alpha value is -3.61. The third kappa shape index (κ3) is 8.94. The molecular weight excluding hydrogens is 541 g/mol. The number of rotatable bonds is 12. The van der Waals surface area contributed by atoms with Crippen LogP contribution < -0.4 is 4.74 Å². The molecule has 1 aliphatic rings. The summed E-state index contributed by atoms with van der Waals surface area (Å²) in [6.45, 7) is 2.22. The average Bonchev–Trinajstić information content (AvgIpc) is 3.00. The summed E-state index contributed by atoms with van der Waals surface area (Å²) in [5, 5.41) is 0. The summed E-state index contributed by atoms with van der Waals surface area (Å²) < 4.78 is 51.2. The first kappa shape index (κ1) is 31.3. The van der Waals surface area contributed by atoms with Gasteiger partial charge in [0.2, 0.25) is 0 Å². The molecule has 1 unspecified atom stereocenters. The van der Waals surface area contributed by atoms with Crippen molar-refractivity contribution in [3.63, 3.8) is 0 Å². The van der Waals surface area contributed by atoms with Gasteiger partial charge >= 0.3 is 18.1 Å². The van der Waals surface area contributed by atoms with Gasteiger partial charge in [-0.1, -0.05) is 88.3 Å². The lowest BCUT2D eigenvalue weighted by Gasteiger charge is -2.31. The number of aryl methyl sites for hydroxylation is 1. The molecule has 0 aromatic heterocycles. The van der Waals surface area contributed by atoms with Crippen molar-refractivity contribution in [3.8, 4) is 16.9 Å². The van der Waals surface area contributed by atoms with E-state index in [4.69, 9.17) is 9.47 Å². The molecule has 1 atom stereocenters. The highest BCUT2D eigenvalue weighted by atomic mass is 19.4. The van der Waals surface area contributed by atoms with Crippen molar-refractivity contribution in [1.29, 1.82) is 0 Å². The SMILES string of the molecule is CCCCCCCc1ccc(-c2ccc(C(=O)Oc3ccc(C(=O)OC(C4CCCCC4)C(F)(F)F)cc3)cc2)cc1. The van der Waals surface area contributed by atoms with Gasteiger partial charge in [0, 0.05) is 5.92 Å². The van der Waals surface area contributed by atoms with E-state index in [-0.39, 0.29) is 11.3 Å². The summed E-state index contributed by atoms with van der Waals surface area (Å²) in [4.78, 5) is 25.2. The summed E-state index contributed by atoms with van der Waals surface area (Å²) in [6.07, 6.45) is 3.67. The zero-order valence-electron chi connectivity index (χ0n) is 24.1. The van der Waals surface area contributed by atoms with E-state index in [2.05, 4.69) is 31.2 Å². The Labute approximate surface area is 246 Å². The number of unbranched alkanes of at least 4 members (excludes halogenated alkanes) is 4. The summed E-state index contributed by atoms with van der Waals surface area (Å²) >= 11 is 0. The Morgan fingerprint density at radius 1 is 0.738 bits per heavy atom. The monoisotopic (exact) mass is 580 g/mol. The van der Waals surface area contributed by atoms with E-state index in [0.717, 1.165) is 24.0 Å². The van der Waals surface area contributed by atoms with Crippen LogP contribution in [0.5, 0.6) is 5.75 Å². The largest absolute Gasteiger partial charge is 0.449 e. The smallest absolute Gasteiger partial charge is 0.425 e. The fraction of sp³-hybridized carbons (Fsp3) is 0.429. The molecule has 1 saturated carbocycles. The summed E-state index contributed by atoms with van der Waals surface area (Å²) in [5.74, 6) is -2.18. The summed E-state index contributed by atoms with van der Waals surface area (Å²) in [6, 6.07) is 20.9. The van der Waals surface area contributed by atoms with Crippen molar-refractivity contribution in [3.05, 3.63) is 89.5 Å². The van der Waals surface area contributed by atoms with Crippen LogP contribution in [-0.2, 0) is 11.2 Å². The first-order valence-electron chi connectivity index (χ1n) is 15.0. The molecular formula is C35H39F3O4. The maximum Gasteiger partial charge on any atom is 0.425 e. The number of hydrogen-bond acceptors (Lipinski definition) is 4. The second-order valence-electron chi connectivity index (χ2n) is 11.1. The van der Waals surface area contributed by atoms with E-state index in [1.54, 1.807) is 12.1 Å². The van der Waals surface area contributed by atoms with Gasteiger partial charge in [0.05, 0.1) is 11.1 Å². The van der Waals surface area contributed by atoms with Crippen LogP contribution in [0, 0.1) is 5.92 Å². The molecule has 7 heteroatoms. The normalized spacial score (nSPS) is 14.8. The van der Waals surface area contributed by atoms with Crippen LogP contribution in [-0.4, -0.2) is 24.2 Å². The van der Waals surface area contributed by atoms with Crippen molar-refractivity contribution in [1.82, 2.24) is 0 Å². The average molecular weight is 581 g/mol. The van der Waals surface area contributed by atoms with Crippen LogP contribution >= 0.6 is 0 Å². The van der Waals surface area contributed by atoms with Crippen LogP contribution in [0.2, 0.25) is 0 Å². The lowest BCUT2D eigenvalue weighted by Crippen LogP contribution is -2.41. The van der Waals surface area contributed by atoms with Gasteiger partial charge in [-0.05, 0) is 78.8 Å². The molecule has 3 aromatic carbocycles. The predicted molar refractivity (Wildman–Crippen MR) is 158 cm³/mol. The minimum Gasteiger partial charge on any atom is -0.449 e. The van der Waals surface area contributed by atoms with Crippen molar-refractivity contribution in [2.45, 2.75) is 89.8 Å². The zero-order valence-corrected chi connectivity index (χ0v) is 24.1. The maximum atomic E-state index is 13.6. The molecule has 0 spiro atoms. The topological polar surface area (TPSA) is 52.6 Å². The van der Waals surface area contributed by atoms with Crippen molar-refractivity contribution < 1.29 is 32.2 Å². The third-order valence-corrected chi connectivity index (χ3v) is 7.91. The number of carbonyl (C=O) groups excluding carboxylic acids is 2. The van der Waals surface area contributed by atoms with E-state index in [0.29, 0.717) is 31.2 Å². The molecule has 224 valence electrons. The number of benzene rings is 3. The standard InChI is InChI=1S/C35H39F3O4/c1-2-3-4-5-7-10-25-13-15-26(16-14-25)27-17-19-29(20-18-27)33(39)41-31-23-21-30(22-24-31)34(40)42-32(35(36,37)38)28-11-8-6-9-12-28/h13-24,28,32H,2-12H2,1H3. The molecule has 0 N–H and O–H groups in total. The third-order valence-electron chi connectivity index (χ3n) is 7.91. The second kappa shape index (κ2) is 15.0. The lowest BCUT2D eigenvalue weighted by atomic mass is 9.85. The van der Waals surface area contributed by atoms with Gasteiger partial charge in [0.1, 0.15) is 5.75 Å². The number of alkyl halides is 3. The molecule has 0 bridgehead atoms. The molecule has 0 saturated heterocycles. The van der Waals surface area contributed by atoms with Crippen molar-refractivity contribution in [2.75, 3.05) is 0 Å². The summed E-state index contributed by atoms with van der Waals surface area (Å²) in [5.41, 5.74) is 3.68. The van der Waals surface area contributed by atoms with Crippen LogP contribution in [0.25, 0.3) is 11.1 Å². The minimum atomic E-state index is -4.63. The molecule has 0 amide bonds. The molecule has 0 aliphatic heterocycles. The van der Waals surface area contributed by atoms with Crippen LogP contribution in [0.3, 0.4) is 0 Å². The first-order chi connectivity index (χ1) is 20.2. The Morgan fingerprint density at radius 3 is 1.88 bits per heavy atom. The second-order valence-corrected chi connectivity index (χ2v) is 11.1. The molecule has 0 heterocycles. The van der Waals surface area contributed by atoms with Crippen LogP contribution in [0.1, 0.15) is 97.4 Å². The molecule has 0 radical (unpaired) electrons. The fourth-order valence-electron chi connectivity index (χ4n) is 5.47. The Balaban J connectivity index is 1.30. The van der Waals surface area contributed by atoms with E-state index >= 15 is 0 Å². The van der Waals surface area contributed by atoms with Gasteiger partial charge in [-0.2, -0.15) is 13.2 Å². The highest BCUT2D eigenvalue weighted by Crippen LogP contribution is 2.37. The first-order valence-corrected chi connectivity index (χ1v) is 15.0. The molecule has 3 aromatic rings. The van der Waals surface area contributed by atoms with E-state index < -0.39 is 30.1 Å². The Bertz CT molecular complexity index is 1280. The number of esters is 2. The lowest BCUT2D eigenvalue weighted by molar-refractivity contribution is -0.222.